The fourth-order valence-corrected chi connectivity index (χ4v) is 1.51. The van der Waals surface area contributed by atoms with Crippen molar-refractivity contribution < 1.29 is 4.74 Å². The van der Waals surface area contributed by atoms with Crippen molar-refractivity contribution in [3.8, 4) is 6.07 Å². The minimum Gasteiger partial charge on any atom is -0.496 e. The molecule has 2 nitrogen and oxygen atoms in total. The highest BCUT2D eigenvalue weighted by molar-refractivity contribution is 5.47. The Labute approximate surface area is 107 Å². The number of ether oxygens (including phenoxy) is 1. The molecule has 0 aliphatic carbocycles. The Hall–Kier alpha value is -2.53. The van der Waals surface area contributed by atoms with Crippen LogP contribution in [0.25, 0.3) is 6.08 Å². The van der Waals surface area contributed by atoms with Crippen molar-refractivity contribution in [2.24, 2.45) is 0 Å². The van der Waals surface area contributed by atoms with Gasteiger partial charge in [0.2, 0.25) is 0 Å². The van der Waals surface area contributed by atoms with E-state index >= 15 is 0 Å². The van der Waals surface area contributed by atoms with E-state index in [2.05, 4.69) is 6.07 Å². The molecule has 88 valence electrons. The Balaban J connectivity index is 1.85. The van der Waals surface area contributed by atoms with Crippen LogP contribution >= 0.6 is 0 Å². The van der Waals surface area contributed by atoms with Crippen LogP contribution < -0.4 is 0 Å². The zero-order valence-corrected chi connectivity index (χ0v) is 9.91. The topological polar surface area (TPSA) is 33.0 Å². The Morgan fingerprint density at radius 1 is 1.00 bits per heavy atom. The van der Waals surface area contributed by atoms with Crippen molar-refractivity contribution in [1.82, 2.24) is 0 Å². The van der Waals surface area contributed by atoms with Crippen molar-refractivity contribution in [1.29, 1.82) is 5.26 Å². The van der Waals surface area contributed by atoms with Crippen molar-refractivity contribution >= 4 is 6.08 Å². The fraction of sp³-hybridized carbons (Fsp3) is 0.0625. The van der Waals surface area contributed by atoms with E-state index in [4.69, 9.17) is 10.00 Å². The summed E-state index contributed by atoms with van der Waals surface area (Å²) < 4.78 is 5.43. The lowest BCUT2D eigenvalue weighted by Gasteiger charge is -2.01. The third kappa shape index (κ3) is 3.50. The zero-order valence-electron chi connectivity index (χ0n) is 9.91. The van der Waals surface area contributed by atoms with Crippen molar-refractivity contribution in [3.05, 3.63) is 77.5 Å². The van der Waals surface area contributed by atoms with Gasteiger partial charge >= 0.3 is 0 Å². The van der Waals surface area contributed by atoms with Crippen LogP contribution in [0.2, 0.25) is 0 Å². The molecular formula is C16H13NO. The van der Waals surface area contributed by atoms with Crippen LogP contribution in [-0.4, -0.2) is 0 Å². The van der Waals surface area contributed by atoms with Gasteiger partial charge in [0.25, 0.3) is 0 Å². The van der Waals surface area contributed by atoms with E-state index in [1.54, 1.807) is 18.4 Å². The molecule has 0 N–H and O–H groups in total. The molecule has 0 heterocycles. The smallest absolute Gasteiger partial charge is 0.112 e. The van der Waals surface area contributed by atoms with Gasteiger partial charge in [-0.15, -0.1) is 0 Å². The van der Waals surface area contributed by atoms with Crippen molar-refractivity contribution in [2.75, 3.05) is 0 Å². The summed E-state index contributed by atoms with van der Waals surface area (Å²) in [6.45, 7) is 0.509. The minimum absolute atomic E-state index is 0.509. The molecule has 0 spiro atoms. The molecule has 2 aromatic rings. The number of benzene rings is 2. The number of rotatable bonds is 4. The van der Waals surface area contributed by atoms with E-state index in [0.717, 1.165) is 11.1 Å². The van der Waals surface area contributed by atoms with Gasteiger partial charge in [-0.1, -0.05) is 42.5 Å². The Morgan fingerprint density at radius 2 is 1.72 bits per heavy atom. The van der Waals surface area contributed by atoms with Crippen LogP contribution in [0.3, 0.4) is 0 Å². The molecule has 18 heavy (non-hydrogen) atoms. The second kappa shape index (κ2) is 6.27. The first-order valence-electron chi connectivity index (χ1n) is 5.71. The fourth-order valence-electron chi connectivity index (χ4n) is 1.51. The second-order valence-corrected chi connectivity index (χ2v) is 3.83. The molecule has 0 aliphatic heterocycles. The summed E-state index contributed by atoms with van der Waals surface area (Å²) in [6, 6.07) is 19.5. The van der Waals surface area contributed by atoms with Gasteiger partial charge in [0.05, 0.1) is 17.9 Å². The molecule has 0 aromatic heterocycles. The first-order valence-corrected chi connectivity index (χ1v) is 5.71. The number of nitriles is 1. The maximum Gasteiger partial charge on any atom is 0.112 e. The maximum absolute atomic E-state index is 8.68. The predicted molar refractivity (Wildman–Crippen MR) is 71.4 cm³/mol. The molecule has 0 unspecified atom stereocenters. The quantitative estimate of drug-likeness (QED) is 0.756. The highest BCUT2D eigenvalue weighted by Gasteiger charge is 1.92. The third-order valence-corrected chi connectivity index (χ3v) is 2.49. The predicted octanol–water partition coefficient (Wildman–Crippen LogP) is 3.75. The zero-order chi connectivity index (χ0) is 12.6. The van der Waals surface area contributed by atoms with Crippen molar-refractivity contribution in [3.63, 3.8) is 0 Å². The SMILES string of the molecule is N#Cc1ccc(COC=Cc2ccccc2)cc1. The van der Waals surface area contributed by atoms with E-state index in [0.29, 0.717) is 12.2 Å². The summed E-state index contributed by atoms with van der Waals surface area (Å²) in [4.78, 5) is 0. The van der Waals surface area contributed by atoms with Gasteiger partial charge in [0.15, 0.2) is 0 Å². The van der Waals surface area contributed by atoms with E-state index in [-0.39, 0.29) is 0 Å². The normalized spacial score (nSPS) is 10.2. The molecule has 0 saturated carbocycles. The average Bonchev–Trinajstić information content (AvgIpc) is 2.45. The lowest BCUT2D eigenvalue weighted by Crippen LogP contribution is -1.86. The Kier molecular flexibility index (Phi) is 4.16. The van der Waals surface area contributed by atoms with Gasteiger partial charge in [-0.25, -0.2) is 0 Å². The van der Waals surface area contributed by atoms with Gasteiger partial charge in [0.1, 0.15) is 6.61 Å². The van der Waals surface area contributed by atoms with Crippen LogP contribution in [0.4, 0.5) is 0 Å². The standard InChI is InChI=1S/C16H13NO/c17-12-15-6-8-16(9-7-15)13-18-11-10-14-4-2-1-3-5-14/h1-11H,13H2. The molecule has 0 amide bonds. The Morgan fingerprint density at radius 3 is 2.39 bits per heavy atom. The average molecular weight is 235 g/mol. The van der Waals surface area contributed by atoms with Crippen LogP contribution in [0.1, 0.15) is 16.7 Å². The first kappa shape index (κ1) is 11.9. The maximum atomic E-state index is 8.68. The van der Waals surface area contributed by atoms with Crippen molar-refractivity contribution in [2.45, 2.75) is 6.61 Å². The van der Waals surface area contributed by atoms with Gasteiger partial charge < -0.3 is 4.74 Å². The molecule has 0 fully saturated rings. The molecule has 2 rings (SSSR count). The van der Waals surface area contributed by atoms with E-state index in [1.807, 2.05) is 48.5 Å². The highest BCUT2D eigenvalue weighted by atomic mass is 16.5. The lowest BCUT2D eigenvalue weighted by atomic mass is 10.2. The minimum atomic E-state index is 0.509. The summed E-state index contributed by atoms with van der Waals surface area (Å²) >= 11 is 0. The Bertz CT molecular complexity index is 550. The highest BCUT2D eigenvalue weighted by Crippen LogP contribution is 2.06. The van der Waals surface area contributed by atoms with Crippen LogP contribution in [0.5, 0.6) is 0 Å². The molecule has 0 saturated heterocycles. The monoisotopic (exact) mass is 235 g/mol. The van der Waals surface area contributed by atoms with Gasteiger partial charge in [-0.2, -0.15) is 5.26 Å². The summed E-state index contributed by atoms with van der Waals surface area (Å²) in [7, 11) is 0. The second-order valence-electron chi connectivity index (χ2n) is 3.83. The lowest BCUT2D eigenvalue weighted by molar-refractivity contribution is 0.239. The molecule has 0 bridgehead atoms. The molecule has 0 radical (unpaired) electrons. The molecule has 2 heteroatoms. The third-order valence-electron chi connectivity index (χ3n) is 2.49. The summed E-state index contributed by atoms with van der Waals surface area (Å²) in [5, 5.41) is 8.68. The van der Waals surface area contributed by atoms with E-state index in [9.17, 15) is 0 Å². The summed E-state index contributed by atoms with van der Waals surface area (Å²) in [6.07, 6.45) is 3.61. The van der Waals surface area contributed by atoms with Crippen LogP contribution in [0.15, 0.2) is 60.9 Å². The summed E-state index contributed by atoms with van der Waals surface area (Å²) in [5.41, 5.74) is 2.82. The molecule has 2 aromatic carbocycles. The van der Waals surface area contributed by atoms with Gasteiger partial charge in [0, 0.05) is 0 Å². The van der Waals surface area contributed by atoms with E-state index < -0.39 is 0 Å². The van der Waals surface area contributed by atoms with Gasteiger partial charge in [-0.05, 0) is 29.3 Å². The van der Waals surface area contributed by atoms with E-state index in [1.165, 1.54) is 0 Å². The largest absolute Gasteiger partial charge is 0.496 e. The number of hydrogen-bond acceptors (Lipinski definition) is 2. The van der Waals surface area contributed by atoms with Crippen LogP contribution in [0, 0.1) is 11.3 Å². The number of hydrogen-bond donors (Lipinski definition) is 0. The molecule has 0 aliphatic rings. The molecular weight excluding hydrogens is 222 g/mol. The van der Waals surface area contributed by atoms with Crippen LogP contribution in [-0.2, 0) is 11.3 Å². The summed E-state index contributed by atoms with van der Waals surface area (Å²) in [5.74, 6) is 0. The number of nitrogens with zero attached hydrogens (tertiary/aromatic N) is 1. The molecule has 0 atom stereocenters. The van der Waals surface area contributed by atoms with Gasteiger partial charge in [-0.3, -0.25) is 0 Å². The first-order chi connectivity index (χ1) is 8.88.